The van der Waals surface area contributed by atoms with Gasteiger partial charge in [-0.15, -0.1) is 0 Å². The highest BCUT2D eigenvalue weighted by atomic mass is 31.1. The van der Waals surface area contributed by atoms with Crippen LogP contribution in [0.15, 0.2) is 30.3 Å². The maximum atomic E-state index is 2.43. The topological polar surface area (TPSA) is 0 Å². The molecule has 0 aromatic heterocycles. The molecule has 0 bridgehead atoms. The lowest BCUT2D eigenvalue weighted by atomic mass is 10.0. The van der Waals surface area contributed by atoms with Gasteiger partial charge in [0.05, 0.1) is 0 Å². The van der Waals surface area contributed by atoms with Gasteiger partial charge in [0.1, 0.15) is 0 Å². The van der Waals surface area contributed by atoms with Crippen LogP contribution in [0.1, 0.15) is 52.9 Å². The Kier molecular flexibility index (Phi) is 4.26. The fourth-order valence-electron chi connectivity index (χ4n) is 3.07. The van der Waals surface area contributed by atoms with Crippen LogP contribution < -0.4 is 5.30 Å². The van der Waals surface area contributed by atoms with Crippen LogP contribution in [0, 0.1) is 0 Å². The van der Waals surface area contributed by atoms with E-state index < -0.39 is 0 Å². The molecule has 1 aromatic carbocycles. The molecule has 0 N–H and O–H groups in total. The fourth-order valence-corrected chi connectivity index (χ4v) is 6.74. The highest BCUT2D eigenvalue weighted by Crippen LogP contribution is 2.56. The Labute approximate surface area is 108 Å². The van der Waals surface area contributed by atoms with E-state index in [-0.39, 0.29) is 7.92 Å². The van der Waals surface area contributed by atoms with Crippen molar-refractivity contribution < 1.29 is 0 Å². The third-order valence-electron chi connectivity index (χ3n) is 3.70. The van der Waals surface area contributed by atoms with Gasteiger partial charge >= 0.3 is 0 Å². The smallest absolute Gasteiger partial charge is 0.0137 e. The van der Waals surface area contributed by atoms with Crippen LogP contribution in [0.5, 0.6) is 0 Å². The molecule has 0 spiro atoms. The summed E-state index contributed by atoms with van der Waals surface area (Å²) >= 11 is 0. The Morgan fingerprint density at radius 2 is 1.53 bits per heavy atom. The third kappa shape index (κ3) is 3.32. The van der Waals surface area contributed by atoms with Crippen molar-refractivity contribution in [2.24, 2.45) is 0 Å². The summed E-state index contributed by atoms with van der Waals surface area (Å²) in [5.74, 6) is 0. The van der Waals surface area contributed by atoms with Crippen molar-refractivity contribution in [3.8, 4) is 0 Å². The zero-order valence-electron chi connectivity index (χ0n) is 11.4. The molecule has 2 rings (SSSR count). The molecular weight excluding hydrogens is 223 g/mol. The summed E-state index contributed by atoms with van der Waals surface area (Å²) in [6, 6.07) is 11.3. The molecule has 0 aliphatic heterocycles. The van der Waals surface area contributed by atoms with Gasteiger partial charge in [-0.3, -0.25) is 0 Å². The minimum Gasteiger partial charge on any atom is -0.0666 e. The van der Waals surface area contributed by atoms with Crippen LogP contribution in [-0.4, -0.2) is 10.8 Å². The predicted octanol–water partition coefficient (Wildman–Crippen LogP) is 4.93. The van der Waals surface area contributed by atoms with Crippen LogP contribution in [0.25, 0.3) is 0 Å². The molecule has 1 aliphatic rings. The van der Waals surface area contributed by atoms with Gasteiger partial charge in [-0.2, -0.15) is 0 Å². The number of hydrogen-bond acceptors (Lipinski definition) is 0. The van der Waals surface area contributed by atoms with Crippen molar-refractivity contribution in [2.75, 3.05) is 0 Å². The number of rotatable bonds is 2. The Hall–Kier alpha value is -0.350. The second kappa shape index (κ2) is 5.53. The SMILES string of the molecule is CC(C)(C)P(c1ccccc1)C1CCCCC1. The van der Waals surface area contributed by atoms with E-state index in [4.69, 9.17) is 0 Å². The molecule has 17 heavy (non-hydrogen) atoms. The first-order valence-electron chi connectivity index (χ1n) is 6.93. The van der Waals surface area contributed by atoms with Gasteiger partial charge in [-0.05, 0) is 29.0 Å². The average molecular weight is 248 g/mol. The van der Waals surface area contributed by atoms with Crippen LogP contribution in [0.4, 0.5) is 0 Å². The fraction of sp³-hybridized carbons (Fsp3) is 0.625. The van der Waals surface area contributed by atoms with Crippen LogP contribution in [0.3, 0.4) is 0 Å². The molecule has 0 amide bonds. The minimum absolute atomic E-state index is 0.0150. The summed E-state index contributed by atoms with van der Waals surface area (Å²) < 4.78 is 0. The van der Waals surface area contributed by atoms with Gasteiger partial charge in [0.15, 0.2) is 0 Å². The first-order chi connectivity index (χ1) is 8.09. The van der Waals surface area contributed by atoms with Crippen LogP contribution in [0.2, 0.25) is 0 Å². The second-order valence-corrected chi connectivity index (χ2v) is 9.50. The van der Waals surface area contributed by atoms with E-state index in [9.17, 15) is 0 Å². The Morgan fingerprint density at radius 3 is 2.06 bits per heavy atom. The minimum atomic E-state index is -0.0150. The van der Waals surface area contributed by atoms with E-state index in [2.05, 4.69) is 51.1 Å². The lowest BCUT2D eigenvalue weighted by Crippen LogP contribution is -2.28. The summed E-state index contributed by atoms with van der Waals surface area (Å²) in [4.78, 5) is 0. The van der Waals surface area contributed by atoms with E-state index >= 15 is 0 Å². The molecule has 0 heterocycles. The van der Waals surface area contributed by atoms with E-state index in [1.54, 1.807) is 5.30 Å². The molecule has 1 aromatic rings. The molecule has 0 nitrogen and oxygen atoms in total. The van der Waals surface area contributed by atoms with Crippen LogP contribution >= 0.6 is 7.92 Å². The summed E-state index contributed by atoms with van der Waals surface area (Å²) in [5, 5.41) is 2.06. The maximum Gasteiger partial charge on any atom is -0.0137 e. The first kappa shape index (κ1) is 13.1. The van der Waals surface area contributed by atoms with Crippen molar-refractivity contribution in [1.82, 2.24) is 0 Å². The van der Waals surface area contributed by atoms with Gasteiger partial charge in [-0.1, -0.05) is 78.3 Å². The number of hydrogen-bond donors (Lipinski definition) is 0. The predicted molar refractivity (Wildman–Crippen MR) is 79.6 cm³/mol. The summed E-state index contributed by atoms with van der Waals surface area (Å²) in [6.45, 7) is 7.29. The molecule has 94 valence electrons. The number of benzene rings is 1. The van der Waals surface area contributed by atoms with E-state index in [0.717, 1.165) is 5.66 Å². The molecule has 0 radical (unpaired) electrons. The molecular formula is C16H25P. The van der Waals surface area contributed by atoms with Crippen molar-refractivity contribution in [2.45, 2.75) is 63.7 Å². The van der Waals surface area contributed by atoms with Crippen LogP contribution in [-0.2, 0) is 0 Å². The molecule has 1 heteroatoms. The van der Waals surface area contributed by atoms with Gasteiger partial charge in [0.25, 0.3) is 0 Å². The molecule has 1 unspecified atom stereocenters. The quantitative estimate of drug-likeness (QED) is 0.651. The van der Waals surface area contributed by atoms with Gasteiger partial charge in [0, 0.05) is 0 Å². The second-order valence-electron chi connectivity index (χ2n) is 6.17. The monoisotopic (exact) mass is 248 g/mol. The summed E-state index contributed by atoms with van der Waals surface area (Å²) in [5.41, 5.74) is 0.959. The Balaban J connectivity index is 2.25. The highest BCUT2D eigenvalue weighted by molar-refractivity contribution is 7.67. The summed E-state index contributed by atoms with van der Waals surface area (Å²) in [7, 11) is -0.0150. The Morgan fingerprint density at radius 1 is 0.941 bits per heavy atom. The largest absolute Gasteiger partial charge is 0.0666 e. The molecule has 1 fully saturated rings. The lowest BCUT2D eigenvalue weighted by Gasteiger charge is -2.40. The standard InChI is InChI=1S/C16H25P/c1-16(2,3)17(14-10-6-4-7-11-14)15-12-8-5-9-13-15/h4,6-7,10-11,15H,5,8-9,12-13H2,1-3H3. The van der Waals surface area contributed by atoms with Gasteiger partial charge in [0.2, 0.25) is 0 Å². The molecule has 1 saturated carbocycles. The third-order valence-corrected chi connectivity index (χ3v) is 7.24. The zero-order chi connectivity index (χ0) is 12.3. The molecule has 0 saturated heterocycles. The van der Waals surface area contributed by atoms with E-state index in [1.165, 1.54) is 32.1 Å². The van der Waals surface area contributed by atoms with Crippen molar-refractivity contribution in [3.63, 3.8) is 0 Å². The van der Waals surface area contributed by atoms with Crippen molar-refractivity contribution in [1.29, 1.82) is 0 Å². The molecule has 1 aliphatic carbocycles. The Bertz CT molecular complexity index is 330. The molecule has 1 atom stereocenters. The van der Waals surface area contributed by atoms with Crippen molar-refractivity contribution >= 4 is 13.2 Å². The van der Waals surface area contributed by atoms with E-state index in [1.807, 2.05) is 0 Å². The van der Waals surface area contributed by atoms with E-state index in [0.29, 0.717) is 5.16 Å². The van der Waals surface area contributed by atoms with Gasteiger partial charge in [-0.25, -0.2) is 0 Å². The highest BCUT2D eigenvalue weighted by Gasteiger charge is 2.33. The zero-order valence-corrected chi connectivity index (χ0v) is 12.3. The van der Waals surface area contributed by atoms with Crippen molar-refractivity contribution in [3.05, 3.63) is 30.3 Å². The maximum absolute atomic E-state index is 2.43. The first-order valence-corrected chi connectivity index (χ1v) is 8.34. The lowest BCUT2D eigenvalue weighted by molar-refractivity contribution is 0.507. The average Bonchev–Trinajstić information content (AvgIpc) is 2.30. The van der Waals surface area contributed by atoms with Gasteiger partial charge < -0.3 is 0 Å². The normalized spacial score (nSPS) is 20.2. The summed E-state index contributed by atoms with van der Waals surface area (Å²) in [6.07, 6.45) is 7.27.